The van der Waals surface area contributed by atoms with Gasteiger partial charge in [-0.25, -0.2) is 0 Å². The number of morpholine rings is 1. The molecular formula is C18H20ClN5O2. The number of hydrogen-bond acceptors (Lipinski definition) is 7. The second-order valence-electron chi connectivity index (χ2n) is 5.97. The van der Waals surface area contributed by atoms with Crippen molar-refractivity contribution in [2.75, 3.05) is 32.0 Å². The number of nitrogens with two attached hydrogens (primary N) is 1. The zero-order chi connectivity index (χ0) is 17.1. The lowest BCUT2D eigenvalue weighted by molar-refractivity contribution is 0.0342. The maximum atomic E-state index is 5.93. The van der Waals surface area contributed by atoms with Crippen molar-refractivity contribution in [2.45, 2.75) is 6.54 Å². The quantitative estimate of drug-likeness (QED) is 0.751. The van der Waals surface area contributed by atoms with Crippen LogP contribution in [0.3, 0.4) is 0 Å². The molecule has 1 aromatic carbocycles. The number of benzene rings is 1. The minimum atomic E-state index is 0. The van der Waals surface area contributed by atoms with E-state index in [4.69, 9.17) is 15.0 Å². The molecule has 0 amide bonds. The van der Waals surface area contributed by atoms with Crippen molar-refractivity contribution in [2.24, 2.45) is 0 Å². The molecular weight excluding hydrogens is 354 g/mol. The Morgan fingerprint density at radius 2 is 1.85 bits per heavy atom. The van der Waals surface area contributed by atoms with Crippen molar-refractivity contribution in [3.8, 4) is 22.8 Å². The molecule has 1 fully saturated rings. The van der Waals surface area contributed by atoms with Gasteiger partial charge in [-0.05, 0) is 11.6 Å². The predicted molar refractivity (Wildman–Crippen MR) is 101 cm³/mol. The van der Waals surface area contributed by atoms with Gasteiger partial charge >= 0.3 is 0 Å². The summed E-state index contributed by atoms with van der Waals surface area (Å²) in [4.78, 5) is 10.9. The van der Waals surface area contributed by atoms with Crippen LogP contribution in [0, 0.1) is 0 Å². The van der Waals surface area contributed by atoms with Crippen LogP contribution in [0.25, 0.3) is 22.8 Å². The van der Waals surface area contributed by atoms with Gasteiger partial charge in [0.2, 0.25) is 5.82 Å². The molecule has 0 aliphatic carbocycles. The summed E-state index contributed by atoms with van der Waals surface area (Å²) in [5.74, 6) is 0.911. The Morgan fingerprint density at radius 3 is 2.58 bits per heavy atom. The minimum absolute atomic E-state index is 0. The number of aromatic nitrogens is 3. The van der Waals surface area contributed by atoms with Gasteiger partial charge in [0.1, 0.15) is 0 Å². The van der Waals surface area contributed by atoms with E-state index in [1.165, 1.54) is 5.56 Å². The smallest absolute Gasteiger partial charge is 0.261 e. The summed E-state index contributed by atoms with van der Waals surface area (Å²) in [5.41, 5.74) is 9.29. The van der Waals surface area contributed by atoms with Gasteiger partial charge in [0.05, 0.1) is 18.8 Å². The number of nitrogens with zero attached hydrogens (tertiary/aromatic N) is 4. The van der Waals surface area contributed by atoms with Gasteiger partial charge in [0.15, 0.2) is 0 Å². The molecule has 0 bridgehead atoms. The van der Waals surface area contributed by atoms with Crippen LogP contribution >= 0.6 is 12.4 Å². The van der Waals surface area contributed by atoms with Crippen LogP contribution in [-0.2, 0) is 11.3 Å². The van der Waals surface area contributed by atoms with Crippen molar-refractivity contribution in [3.63, 3.8) is 0 Å². The van der Waals surface area contributed by atoms with Crippen molar-refractivity contribution >= 4 is 18.1 Å². The molecule has 0 radical (unpaired) electrons. The lowest BCUT2D eigenvalue weighted by atomic mass is 10.1. The van der Waals surface area contributed by atoms with Crippen LogP contribution in [0.4, 0.5) is 5.69 Å². The number of rotatable bonds is 4. The third-order valence-electron chi connectivity index (χ3n) is 4.23. The van der Waals surface area contributed by atoms with Gasteiger partial charge in [-0.2, -0.15) is 4.98 Å². The van der Waals surface area contributed by atoms with E-state index in [0.717, 1.165) is 38.4 Å². The highest BCUT2D eigenvalue weighted by Gasteiger charge is 2.14. The Kier molecular flexibility index (Phi) is 5.82. The summed E-state index contributed by atoms with van der Waals surface area (Å²) in [7, 11) is 0. The monoisotopic (exact) mass is 373 g/mol. The van der Waals surface area contributed by atoms with Gasteiger partial charge in [-0.3, -0.25) is 9.88 Å². The van der Waals surface area contributed by atoms with E-state index in [1.54, 1.807) is 18.5 Å². The number of ether oxygens (including phenoxy) is 1. The van der Waals surface area contributed by atoms with Crippen LogP contribution in [0.5, 0.6) is 0 Å². The highest BCUT2D eigenvalue weighted by atomic mass is 35.5. The summed E-state index contributed by atoms with van der Waals surface area (Å²) in [6.07, 6.45) is 3.25. The van der Waals surface area contributed by atoms with E-state index < -0.39 is 0 Å². The zero-order valence-electron chi connectivity index (χ0n) is 14.2. The Hall–Kier alpha value is -2.48. The second-order valence-corrected chi connectivity index (χ2v) is 5.97. The second kappa shape index (κ2) is 8.27. The van der Waals surface area contributed by atoms with Crippen LogP contribution < -0.4 is 5.73 Å². The number of hydrogen-bond donors (Lipinski definition) is 1. The fraction of sp³-hybridized carbons (Fsp3) is 0.278. The minimum Gasteiger partial charge on any atom is -0.398 e. The molecule has 0 spiro atoms. The number of anilines is 1. The summed E-state index contributed by atoms with van der Waals surface area (Å²) < 4.78 is 10.7. The van der Waals surface area contributed by atoms with Crippen molar-refractivity contribution in [1.82, 2.24) is 20.0 Å². The van der Waals surface area contributed by atoms with E-state index in [-0.39, 0.29) is 12.4 Å². The van der Waals surface area contributed by atoms with E-state index in [1.807, 2.05) is 12.1 Å². The molecule has 136 valence electrons. The van der Waals surface area contributed by atoms with Gasteiger partial charge < -0.3 is 15.0 Å². The van der Waals surface area contributed by atoms with Crippen molar-refractivity contribution in [3.05, 3.63) is 48.3 Å². The summed E-state index contributed by atoms with van der Waals surface area (Å²) in [6, 6.07) is 9.92. The topological polar surface area (TPSA) is 90.3 Å². The lowest BCUT2D eigenvalue weighted by Crippen LogP contribution is -2.35. The van der Waals surface area contributed by atoms with E-state index >= 15 is 0 Å². The standard InChI is InChI=1S/C18H19N5O2.ClH/c19-16-5-6-20-11-15(16)18-21-17(22-25-18)14-3-1-13(2-4-14)12-23-7-9-24-10-8-23;/h1-6,11H,7-10,12H2,(H2,19,20);1H. The van der Waals surface area contributed by atoms with Crippen LogP contribution in [0.1, 0.15) is 5.56 Å². The third kappa shape index (κ3) is 4.01. The average molecular weight is 374 g/mol. The fourth-order valence-corrected chi connectivity index (χ4v) is 2.81. The van der Waals surface area contributed by atoms with E-state index in [0.29, 0.717) is 23.0 Å². The highest BCUT2D eigenvalue weighted by molar-refractivity contribution is 5.85. The summed E-state index contributed by atoms with van der Waals surface area (Å²) in [5, 5.41) is 4.05. The van der Waals surface area contributed by atoms with E-state index in [9.17, 15) is 0 Å². The third-order valence-corrected chi connectivity index (χ3v) is 4.23. The molecule has 0 atom stereocenters. The first-order valence-corrected chi connectivity index (χ1v) is 8.22. The normalized spacial score (nSPS) is 14.8. The Bertz CT molecular complexity index is 847. The van der Waals surface area contributed by atoms with Crippen LogP contribution in [0.2, 0.25) is 0 Å². The highest BCUT2D eigenvalue weighted by Crippen LogP contribution is 2.25. The van der Waals surface area contributed by atoms with Crippen molar-refractivity contribution < 1.29 is 9.26 Å². The fourth-order valence-electron chi connectivity index (χ4n) is 2.81. The van der Waals surface area contributed by atoms with Gasteiger partial charge in [0.25, 0.3) is 5.89 Å². The first-order chi connectivity index (χ1) is 12.3. The maximum Gasteiger partial charge on any atom is 0.261 e. The molecule has 3 aromatic rings. The van der Waals surface area contributed by atoms with Gasteiger partial charge in [-0.1, -0.05) is 29.4 Å². The molecule has 1 aliphatic heterocycles. The van der Waals surface area contributed by atoms with Gasteiger partial charge in [-0.15, -0.1) is 12.4 Å². The lowest BCUT2D eigenvalue weighted by Gasteiger charge is -2.26. The van der Waals surface area contributed by atoms with Crippen LogP contribution in [-0.4, -0.2) is 46.3 Å². The first-order valence-electron chi connectivity index (χ1n) is 8.22. The Balaban J connectivity index is 0.00000196. The molecule has 8 heteroatoms. The number of pyridine rings is 1. The average Bonchev–Trinajstić information content (AvgIpc) is 3.13. The molecule has 7 nitrogen and oxygen atoms in total. The SMILES string of the molecule is Cl.Nc1ccncc1-c1nc(-c2ccc(CN3CCOCC3)cc2)no1. The molecule has 1 aliphatic rings. The number of halogens is 1. The Morgan fingerprint density at radius 1 is 1.08 bits per heavy atom. The van der Waals surface area contributed by atoms with Gasteiger partial charge in [0, 0.05) is 43.3 Å². The van der Waals surface area contributed by atoms with E-state index in [2.05, 4.69) is 32.2 Å². The first kappa shape index (κ1) is 18.3. The largest absolute Gasteiger partial charge is 0.398 e. The maximum absolute atomic E-state index is 5.93. The predicted octanol–water partition coefficient (Wildman–Crippen LogP) is 2.63. The Labute approximate surface area is 157 Å². The molecule has 4 rings (SSSR count). The molecule has 1 saturated heterocycles. The molecule has 0 saturated carbocycles. The van der Waals surface area contributed by atoms with Crippen molar-refractivity contribution in [1.29, 1.82) is 0 Å². The van der Waals surface area contributed by atoms with Crippen LogP contribution in [0.15, 0.2) is 47.2 Å². The molecule has 3 heterocycles. The molecule has 2 N–H and O–H groups in total. The summed E-state index contributed by atoms with van der Waals surface area (Å²) >= 11 is 0. The zero-order valence-corrected chi connectivity index (χ0v) is 15.0. The molecule has 0 unspecified atom stereocenters. The summed E-state index contributed by atoms with van der Waals surface area (Å²) in [6.45, 7) is 4.49. The molecule has 26 heavy (non-hydrogen) atoms. The number of nitrogen functional groups attached to an aromatic ring is 1. The molecule has 2 aromatic heterocycles.